The third-order valence-electron chi connectivity index (χ3n) is 4.04. The van der Waals surface area contributed by atoms with E-state index in [1.807, 2.05) is 0 Å². The van der Waals surface area contributed by atoms with E-state index in [2.05, 4.69) is 24.1 Å². The molecule has 2 fully saturated rings. The van der Waals surface area contributed by atoms with E-state index in [-0.39, 0.29) is 0 Å². The van der Waals surface area contributed by atoms with Gasteiger partial charge in [-0.15, -0.1) is 0 Å². The van der Waals surface area contributed by atoms with Crippen molar-refractivity contribution in [3.05, 3.63) is 0 Å². The lowest BCUT2D eigenvalue weighted by molar-refractivity contribution is 0.231. The summed E-state index contributed by atoms with van der Waals surface area (Å²) in [6, 6.07) is 0.952. The van der Waals surface area contributed by atoms with Crippen molar-refractivity contribution in [2.45, 2.75) is 52.0 Å². The zero-order valence-electron chi connectivity index (χ0n) is 11.0. The van der Waals surface area contributed by atoms with Crippen molar-refractivity contribution in [3.63, 3.8) is 0 Å². The summed E-state index contributed by atoms with van der Waals surface area (Å²) in [7, 11) is 0. The molecule has 0 aromatic heterocycles. The first-order chi connectivity index (χ1) is 7.75. The van der Waals surface area contributed by atoms with Gasteiger partial charge >= 0.3 is 0 Å². The molecule has 1 aliphatic heterocycles. The van der Waals surface area contributed by atoms with Crippen LogP contribution >= 0.6 is 0 Å². The van der Waals surface area contributed by atoms with Crippen LogP contribution in [0.5, 0.6) is 0 Å². The summed E-state index contributed by atoms with van der Waals surface area (Å²) in [6.07, 6.45) is 7.12. The molecule has 0 bridgehead atoms. The van der Waals surface area contributed by atoms with E-state index in [1.54, 1.807) is 0 Å². The van der Waals surface area contributed by atoms with Gasteiger partial charge in [-0.25, -0.2) is 0 Å². The molecule has 2 aliphatic rings. The second-order valence-corrected chi connectivity index (χ2v) is 6.10. The van der Waals surface area contributed by atoms with Gasteiger partial charge in [-0.2, -0.15) is 0 Å². The summed E-state index contributed by atoms with van der Waals surface area (Å²) in [5, 5.41) is 3.47. The first-order valence-corrected chi connectivity index (χ1v) is 7.20. The van der Waals surface area contributed by atoms with Crippen molar-refractivity contribution in [3.8, 4) is 0 Å². The smallest absolute Gasteiger partial charge is 0.00964 e. The Morgan fingerprint density at radius 2 is 2.00 bits per heavy atom. The Morgan fingerprint density at radius 3 is 2.56 bits per heavy atom. The predicted molar refractivity (Wildman–Crippen MR) is 69.6 cm³/mol. The van der Waals surface area contributed by atoms with Gasteiger partial charge in [0.25, 0.3) is 0 Å². The molecule has 0 spiro atoms. The van der Waals surface area contributed by atoms with Crippen molar-refractivity contribution < 1.29 is 0 Å². The van der Waals surface area contributed by atoms with E-state index < -0.39 is 0 Å². The van der Waals surface area contributed by atoms with Crippen molar-refractivity contribution in [1.29, 1.82) is 0 Å². The Bertz CT molecular complexity index is 193. The maximum atomic E-state index is 3.47. The molecule has 16 heavy (non-hydrogen) atoms. The molecule has 1 heterocycles. The molecule has 1 unspecified atom stereocenters. The van der Waals surface area contributed by atoms with Gasteiger partial charge in [-0.3, -0.25) is 0 Å². The minimum atomic E-state index is 0.856. The van der Waals surface area contributed by atoms with E-state index >= 15 is 0 Å². The lowest BCUT2D eigenvalue weighted by Crippen LogP contribution is -2.30. The van der Waals surface area contributed by atoms with Gasteiger partial charge in [0, 0.05) is 6.04 Å². The van der Waals surface area contributed by atoms with E-state index in [9.17, 15) is 0 Å². The molecule has 1 atom stereocenters. The molecule has 94 valence electrons. The maximum Gasteiger partial charge on any atom is 0.00964 e. The summed E-state index contributed by atoms with van der Waals surface area (Å²) in [4.78, 5) is 2.76. The first kappa shape index (κ1) is 12.4. The number of hydrogen-bond donors (Lipinski definition) is 1. The van der Waals surface area contributed by atoms with Crippen molar-refractivity contribution in [2.75, 3.05) is 26.2 Å². The Labute approximate surface area is 101 Å². The SMILES string of the molecule is CC(C)CCN(CCC1CCNC1)C1CC1. The van der Waals surface area contributed by atoms with Gasteiger partial charge in [0.2, 0.25) is 0 Å². The van der Waals surface area contributed by atoms with E-state index in [1.165, 1.54) is 58.3 Å². The molecule has 1 aliphatic carbocycles. The third kappa shape index (κ3) is 4.06. The normalized spacial score (nSPS) is 25.9. The van der Waals surface area contributed by atoms with Crippen molar-refractivity contribution in [2.24, 2.45) is 11.8 Å². The molecule has 2 rings (SSSR count). The fourth-order valence-electron chi connectivity index (χ4n) is 2.65. The molecule has 0 aromatic carbocycles. The van der Waals surface area contributed by atoms with Crippen LogP contribution in [-0.4, -0.2) is 37.1 Å². The summed E-state index contributed by atoms with van der Waals surface area (Å²) in [5.74, 6) is 1.81. The van der Waals surface area contributed by atoms with Gasteiger partial charge in [-0.1, -0.05) is 13.8 Å². The summed E-state index contributed by atoms with van der Waals surface area (Å²) in [6.45, 7) is 9.88. The molecule has 0 aromatic rings. The number of nitrogens with zero attached hydrogens (tertiary/aromatic N) is 1. The Kier molecular flexibility index (Phi) is 4.66. The van der Waals surface area contributed by atoms with E-state index in [0.717, 1.165) is 17.9 Å². The van der Waals surface area contributed by atoms with Crippen LogP contribution in [0.25, 0.3) is 0 Å². The van der Waals surface area contributed by atoms with Crippen LogP contribution in [0, 0.1) is 11.8 Å². The minimum Gasteiger partial charge on any atom is -0.316 e. The highest BCUT2D eigenvalue weighted by molar-refractivity contribution is 4.85. The van der Waals surface area contributed by atoms with Crippen molar-refractivity contribution >= 4 is 0 Å². The van der Waals surface area contributed by atoms with E-state index in [0.29, 0.717) is 0 Å². The van der Waals surface area contributed by atoms with Gasteiger partial charge in [0.15, 0.2) is 0 Å². The van der Waals surface area contributed by atoms with Crippen LogP contribution in [0.3, 0.4) is 0 Å². The second kappa shape index (κ2) is 6.02. The zero-order chi connectivity index (χ0) is 11.4. The lowest BCUT2D eigenvalue weighted by atomic mass is 10.0. The maximum absolute atomic E-state index is 3.47. The highest BCUT2D eigenvalue weighted by Crippen LogP contribution is 2.28. The lowest BCUT2D eigenvalue weighted by Gasteiger charge is -2.24. The number of nitrogens with one attached hydrogen (secondary N) is 1. The van der Waals surface area contributed by atoms with Crippen LogP contribution in [0.15, 0.2) is 0 Å². The van der Waals surface area contributed by atoms with Crippen LogP contribution in [0.4, 0.5) is 0 Å². The number of rotatable bonds is 7. The predicted octanol–water partition coefficient (Wildman–Crippen LogP) is 2.50. The molecule has 2 nitrogen and oxygen atoms in total. The van der Waals surface area contributed by atoms with Crippen LogP contribution in [0.1, 0.15) is 46.0 Å². The average molecular weight is 224 g/mol. The second-order valence-electron chi connectivity index (χ2n) is 6.10. The monoisotopic (exact) mass is 224 g/mol. The molecule has 1 saturated heterocycles. The standard InChI is InChI=1S/C14H28N2/c1-12(2)6-9-16(14-3-4-14)10-7-13-5-8-15-11-13/h12-15H,3-11H2,1-2H3. The van der Waals surface area contributed by atoms with Crippen LogP contribution in [0.2, 0.25) is 0 Å². The Morgan fingerprint density at radius 1 is 1.19 bits per heavy atom. The topological polar surface area (TPSA) is 15.3 Å². The molecule has 1 N–H and O–H groups in total. The minimum absolute atomic E-state index is 0.856. The summed E-state index contributed by atoms with van der Waals surface area (Å²) >= 11 is 0. The number of hydrogen-bond acceptors (Lipinski definition) is 2. The quantitative estimate of drug-likeness (QED) is 0.715. The molecular formula is C14H28N2. The van der Waals surface area contributed by atoms with Crippen LogP contribution in [-0.2, 0) is 0 Å². The molecular weight excluding hydrogens is 196 g/mol. The fourth-order valence-corrected chi connectivity index (χ4v) is 2.65. The highest BCUT2D eigenvalue weighted by Gasteiger charge is 2.29. The zero-order valence-corrected chi connectivity index (χ0v) is 11.0. The van der Waals surface area contributed by atoms with Crippen LogP contribution < -0.4 is 5.32 Å². The molecule has 0 radical (unpaired) electrons. The molecule has 1 saturated carbocycles. The fraction of sp³-hybridized carbons (Fsp3) is 1.00. The molecule has 2 heteroatoms. The van der Waals surface area contributed by atoms with Crippen molar-refractivity contribution in [1.82, 2.24) is 10.2 Å². The molecule has 0 amide bonds. The highest BCUT2D eigenvalue weighted by atomic mass is 15.2. The van der Waals surface area contributed by atoms with Gasteiger partial charge in [0.05, 0.1) is 0 Å². The largest absolute Gasteiger partial charge is 0.316 e. The van der Waals surface area contributed by atoms with Gasteiger partial charge in [-0.05, 0) is 70.1 Å². The Balaban J connectivity index is 1.65. The third-order valence-corrected chi connectivity index (χ3v) is 4.04. The van der Waals surface area contributed by atoms with Gasteiger partial charge < -0.3 is 10.2 Å². The summed E-state index contributed by atoms with van der Waals surface area (Å²) < 4.78 is 0. The average Bonchev–Trinajstić information content (AvgIpc) is 2.95. The first-order valence-electron chi connectivity index (χ1n) is 7.20. The van der Waals surface area contributed by atoms with Gasteiger partial charge in [0.1, 0.15) is 0 Å². The van der Waals surface area contributed by atoms with E-state index in [4.69, 9.17) is 0 Å². The Hall–Kier alpha value is -0.0800. The summed E-state index contributed by atoms with van der Waals surface area (Å²) in [5.41, 5.74) is 0.